The van der Waals surface area contributed by atoms with Crippen molar-refractivity contribution in [3.05, 3.63) is 46.0 Å². The Bertz CT molecular complexity index is 1480. The molecule has 3 heterocycles. The van der Waals surface area contributed by atoms with Crippen LogP contribution in [0.1, 0.15) is 58.4 Å². The minimum atomic E-state index is -4.47. The summed E-state index contributed by atoms with van der Waals surface area (Å²) in [5.41, 5.74) is -1.46. The van der Waals surface area contributed by atoms with E-state index >= 15 is 4.39 Å². The van der Waals surface area contributed by atoms with E-state index in [-0.39, 0.29) is 52.2 Å². The van der Waals surface area contributed by atoms with Crippen LogP contribution in [0.5, 0.6) is 0 Å². The molecule has 0 spiro atoms. The Hall–Kier alpha value is -3.62. The van der Waals surface area contributed by atoms with Crippen LogP contribution in [0.25, 0.3) is 5.69 Å². The first-order chi connectivity index (χ1) is 18.5. The fourth-order valence-corrected chi connectivity index (χ4v) is 5.79. The quantitative estimate of drug-likeness (QED) is 0.381. The van der Waals surface area contributed by atoms with E-state index in [1.165, 1.54) is 7.05 Å². The van der Waals surface area contributed by atoms with Crippen LogP contribution in [0, 0.1) is 17.6 Å². The Morgan fingerprint density at radius 1 is 1.05 bits per heavy atom. The second-order valence-corrected chi connectivity index (χ2v) is 11.8. The molecule has 2 aromatic heterocycles. The summed E-state index contributed by atoms with van der Waals surface area (Å²) in [7, 11) is 1.33. The first-order valence-corrected chi connectivity index (χ1v) is 12.8. The van der Waals surface area contributed by atoms with Crippen LogP contribution < -0.4 is 21.6 Å². The molecule has 15 heteroatoms. The van der Waals surface area contributed by atoms with Gasteiger partial charge in [0.05, 0.1) is 23.5 Å². The summed E-state index contributed by atoms with van der Waals surface area (Å²) in [5, 5.41) is 16.7. The molecule has 0 amide bonds. The van der Waals surface area contributed by atoms with E-state index in [0.29, 0.717) is 12.8 Å². The predicted octanol–water partition coefficient (Wildman–Crippen LogP) is 4.16. The number of halogens is 5. The van der Waals surface area contributed by atoms with Gasteiger partial charge in [0, 0.05) is 24.2 Å². The van der Waals surface area contributed by atoms with Gasteiger partial charge in [-0.3, -0.25) is 0 Å². The number of hydrogen-bond acceptors (Lipinski definition) is 8. The van der Waals surface area contributed by atoms with Gasteiger partial charge in [-0.15, -0.1) is 0 Å². The highest BCUT2D eigenvalue weighted by Crippen LogP contribution is 2.57. The summed E-state index contributed by atoms with van der Waals surface area (Å²) >= 11 is 0. The molecule has 1 aliphatic heterocycles. The molecule has 3 aromatic rings. The Balaban J connectivity index is 1.46. The van der Waals surface area contributed by atoms with Crippen molar-refractivity contribution in [2.24, 2.45) is 13.0 Å². The maximum Gasteiger partial charge on any atom is 0.392 e. The number of nitrogens with one attached hydrogen (secondary N) is 3. The molecular formula is C25H30F5N9O. The van der Waals surface area contributed by atoms with Crippen molar-refractivity contribution in [2.45, 2.75) is 76.2 Å². The van der Waals surface area contributed by atoms with Crippen molar-refractivity contribution in [3.8, 4) is 5.69 Å². The number of benzene rings is 1. The Morgan fingerprint density at radius 2 is 1.73 bits per heavy atom. The summed E-state index contributed by atoms with van der Waals surface area (Å²) in [6.07, 6.45) is -2.39. The third-order valence-corrected chi connectivity index (χ3v) is 7.20. The highest BCUT2D eigenvalue weighted by Gasteiger charge is 2.57. The fraction of sp³-hybridized carbons (Fsp3) is 0.560. The highest BCUT2D eigenvalue weighted by atomic mass is 19.4. The SMILES string of the molecule is Cn1nnn(-c2cc(Nc3ncc(F)c(NC4CC(C)(C)NC(C)(C)C4)n3)c(F)cc2[C@@H]2C[C@@H]2C(F)(F)F)c1=O. The van der Waals surface area contributed by atoms with Gasteiger partial charge in [-0.25, -0.2) is 18.6 Å². The lowest BCUT2D eigenvalue weighted by Crippen LogP contribution is -2.60. The molecule has 40 heavy (non-hydrogen) atoms. The number of hydrogen-bond donors (Lipinski definition) is 3. The number of anilines is 3. The zero-order valence-electron chi connectivity index (χ0n) is 22.6. The summed E-state index contributed by atoms with van der Waals surface area (Å²) in [4.78, 5) is 20.6. The molecule has 1 saturated heterocycles. The van der Waals surface area contributed by atoms with Crippen LogP contribution >= 0.6 is 0 Å². The molecule has 5 rings (SSSR count). The zero-order valence-corrected chi connectivity index (χ0v) is 22.6. The van der Waals surface area contributed by atoms with Gasteiger partial charge in [0.15, 0.2) is 11.6 Å². The number of aryl methyl sites for hydroxylation is 1. The largest absolute Gasteiger partial charge is 0.392 e. The van der Waals surface area contributed by atoms with Crippen LogP contribution in [-0.2, 0) is 7.05 Å². The van der Waals surface area contributed by atoms with Crippen molar-refractivity contribution >= 4 is 17.5 Å². The van der Waals surface area contributed by atoms with Crippen LogP contribution in [0.3, 0.4) is 0 Å². The number of rotatable bonds is 6. The average Bonchev–Trinajstić information content (AvgIpc) is 3.56. The normalized spacial score (nSPS) is 22.2. The topological polar surface area (TPSA) is 115 Å². The molecule has 0 bridgehead atoms. The molecule has 10 nitrogen and oxygen atoms in total. The van der Waals surface area contributed by atoms with Gasteiger partial charge in [0.25, 0.3) is 0 Å². The van der Waals surface area contributed by atoms with Gasteiger partial charge in [0.1, 0.15) is 5.82 Å². The third kappa shape index (κ3) is 5.64. The van der Waals surface area contributed by atoms with Gasteiger partial charge in [-0.1, -0.05) is 0 Å². The van der Waals surface area contributed by atoms with Crippen molar-refractivity contribution in [2.75, 3.05) is 10.6 Å². The van der Waals surface area contributed by atoms with Crippen LogP contribution in [0.4, 0.5) is 39.4 Å². The standard InChI is InChI=1S/C25H30F5N9O/c1-23(2)9-12(10-24(3,4)35-23)32-20-17(27)11-31-21(34-20)33-18-8-19(39-22(40)38(5)36-37-39)14(7-16(18)26)13-6-15(13)25(28,29)30/h7-8,11-13,15,35H,6,9-10H2,1-5H3,(H2,31,32,33,34)/t13-,15-/m0/s1. The molecule has 0 unspecified atom stereocenters. The predicted molar refractivity (Wildman–Crippen MR) is 137 cm³/mol. The van der Waals surface area contributed by atoms with E-state index < -0.39 is 35.3 Å². The van der Waals surface area contributed by atoms with Gasteiger partial charge in [0.2, 0.25) is 5.95 Å². The maximum absolute atomic E-state index is 15.2. The fourth-order valence-electron chi connectivity index (χ4n) is 5.79. The molecule has 1 saturated carbocycles. The summed E-state index contributed by atoms with van der Waals surface area (Å²) in [6, 6.07) is 1.98. The Kier molecular flexibility index (Phi) is 6.63. The molecule has 1 aromatic carbocycles. The summed E-state index contributed by atoms with van der Waals surface area (Å²) in [6.45, 7) is 8.21. The maximum atomic E-state index is 15.2. The van der Waals surface area contributed by atoms with Crippen molar-refractivity contribution in [3.63, 3.8) is 0 Å². The molecule has 2 atom stereocenters. The number of aromatic nitrogens is 6. The summed E-state index contributed by atoms with van der Waals surface area (Å²) < 4.78 is 71.6. The molecule has 1 aliphatic carbocycles. The van der Waals surface area contributed by atoms with Crippen molar-refractivity contribution in [1.82, 2.24) is 35.1 Å². The van der Waals surface area contributed by atoms with Gasteiger partial charge < -0.3 is 16.0 Å². The van der Waals surface area contributed by atoms with Crippen LogP contribution in [0.15, 0.2) is 23.1 Å². The number of alkyl halides is 3. The molecule has 0 radical (unpaired) electrons. The smallest absolute Gasteiger partial charge is 0.365 e. The molecule has 2 fully saturated rings. The lowest BCUT2D eigenvalue weighted by molar-refractivity contribution is -0.148. The second kappa shape index (κ2) is 9.49. The van der Waals surface area contributed by atoms with E-state index in [1.807, 2.05) is 0 Å². The molecule has 3 N–H and O–H groups in total. The molecular weight excluding hydrogens is 537 g/mol. The third-order valence-electron chi connectivity index (χ3n) is 7.20. The minimum Gasteiger partial charge on any atom is -0.365 e. The van der Waals surface area contributed by atoms with Gasteiger partial charge >= 0.3 is 11.9 Å². The van der Waals surface area contributed by atoms with E-state index in [1.54, 1.807) is 0 Å². The van der Waals surface area contributed by atoms with E-state index in [4.69, 9.17) is 0 Å². The molecule has 2 aliphatic rings. The highest BCUT2D eigenvalue weighted by molar-refractivity contribution is 5.63. The monoisotopic (exact) mass is 567 g/mol. The Morgan fingerprint density at radius 3 is 2.30 bits per heavy atom. The number of tetrazole rings is 1. The summed E-state index contributed by atoms with van der Waals surface area (Å²) in [5.74, 6) is -4.52. The first-order valence-electron chi connectivity index (χ1n) is 12.8. The van der Waals surface area contributed by atoms with Crippen LogP contribution in [-0.4, -0.2) is 53.1 Å². The number of piperidine rings is 1. The second-order valence-electron chi connectivity index (χ2n) is 11.8. The van der Waals surface area contributed by atoms with E-state index in [2.05, 4.69) is 64.0 Å². The molecule has 216 valence electrons. The van der Waals surface area contributed by atoms with E-state index in [9.17, 15) is 22.4 Å². The van der Waals surface area contributed by atoms with Crippen molar-refractivity contribution in [1.29, 1.82) is 0 Å². The zero-order chi connectivity index (χ0) is 29.2. The van der Waals surface area contributed by atoms with Gasteiger partial charge in [-0.05, 0) is 81.0 Å². The average molecular weight is 568 g/mol. The van der Waals surface area contributed by atoms with Crippen molar-refractivity contribution < 1.29 is 22.0 Å². The van der Waals surface area contributed by atoms with E-state index in [0.717, 1.165) is 27.7 Å². The lowest BCUT2D eigenvalue weighted by Gasteiger charge is -2.46. The first kappa shape index (κ1) is 27.9. The number of nitrogens with zero attached hydrogens (tertiary/aromatic N) is 6. The van der Waals surface area contributed by atoms with Crippen LogP contribution in [0.2, 0.25) is 0 Å². The lowest BCUT2D eigenvalue weighted by atomic mass is 9.79. The minimum absolute atomic E-state index is 0.0218. The van der Waals surface area contributed by atoms with Gasteiger partial charge in [-0.2, -0.15) is 27.5 Å². The Labute approximate surface area is 226 Å².